The van der Waals surface area contributed by atoms with Gasteiger partial charge in [0.05, 0.1) is 6.20 Å². The molecule has 1 rings (SSSR count). The molecule has 66 valence electrons. The molecule has 0 unspecified atom stereocenters. The molecular formula is C7H12N4O. The van der Waals surface area contributed by atoms with E-state index in [2.05, 4.69) is 5.10 Å². The van der Waals surface area contributed by atoms with E-state index >= 15 is 0 Å². The molecule has 0 radical (unpaired) electrons. The summed E-state index contributed by atoms with van der Waals surface area (Å²) < 4.78 is 1.51. The molecule has 5 heteroatoms. The zero-order valence-electron chi connectivity index (χ0n) is 7.40. The van der Waals surface area contributed by atoms with E-state index in [1.165, 1.54) is 11.7 Å². The second kappa shape index (κ2) is 2.94. The standard InChI is InChI=1S/C7H12N4O/c1-5-4-9-11(3)6(5)7(12)10(2)8/h4H,8H2,1-3H3. The van der Waals surface area contributed by atoms with Gasteiger partial charge >= 0.3 is 0 Å². The topological polar surface area (TPSA) is 64.2 Å². The number of carbonyl (C=O) groups is 1. The molecule has 0 atom stereocenters. The van der Waals surface area contributed by atoms with E-state index in [9.17, 15) is 4.79 Å². The van der Waals surface area contributed by atoms with Crippen LogP contribution < -0.4 is 5.84 Å². The second-order valence-corrected chi connectivity index (χ2v) is 2.72. The minimum atomic E-state index is -0.229. The fourth-order valence-corrected chi connectivity index (χ4v) is 1.02. The van der Waals surface area contributed by atoms with Gasteiger partial charge in [-0.05, 0) is 6.92 Å². The van der Waals surface area contributed by atoms with Gasteiger partial charge in [-0.1, -0.05) is 0 Å². The zero-order valence-corrected chi connectivity index (χ0v) is 7.40. The summed E-state index contributed by atoms with van der Waals surface area (Å²) in [6.45, 7) is 1.82. The Bertz CT molecular complexity index is 283. The van der Waals surface area contributed by atoms with Gasteiger partial charge in [-0.15, -0.1) is 0 Å². The van der Waals surface area contributed by atoms with Gasteiger partial charge in [-0.25, -0.2) is 5.84 Å². The number of hydrazine groups is 1. The summed E-state index contributed by atoms with van der Waals surface area (Å²) >= 11 is 0. The first kappa shape index (κ1) is 8.73. The van der Waals surface area contributed by atoms with Crippen molar-refractivity contribution in [3.05, 3.63) is 17.5 Å². The van der Waals surface area contributed by atoms with Crippen molar-refractivity contribution >= 4 is 5.91 Å². The van der Waals surface area contributed by atoms with Crippen LogP contribution in [0.4, 0.5) is 0 Å². The number of hydrogen-bond donors (Lipinski definition) is 1. The highest BCUT2D eigenvalue weighted by Gasteiger charge is 2.15. The van der Waals surface area contributed by atoms with Crippen LogP contribution in [0.5, 0.6) is 0 Å². The zero-order chi connectivity index (χ0) is 9.30. The molecule has 0 saturated carbocycles. The lowest BCUT2D eigenvalue weighted by Gasteiger charge is -2.10. The first-order valence-corrected chi connectivity index (χ1v) is 3.55. The van der Waals surface area contributed by atoms with Crippen LogP contribution in [-0.2, 0) is 7.05 Å². The summed E-state index contributed by atoms with van der Waals surface area (Å²) in [5.74, 6) is 5.08. The highest BCUT2D eigenvalue weighted by atomic mass is 16.2. The van der Waals surface area contributed by atoms with Gasteiger partial charge < -0.3 is 0 Å². The Kier molecular flexibility index (Phi) is 2.14. The molecule has 0 fully saturated rings. The third kappa shape index (κ3) is 1.31. The van der Waals surface area contributed by atoms with Crippen molar-refractivity contribution in [3.8, 4) is 0 Å². The van der Waals surface area contributed by atoms with Gasteiger partial charge in [0, 0.05) is 19.7 Å². The van der Waals surface area contributed by atoms with E-state index in [-0.39, 0.29) is 5.91 Å². The maximum atomic E-state index is 11.4. The molecule has 12 heavy (non-hydrogen) atoms. The number of carbonyl (C=O) groups excluding carboxylic acids is 1. The Balaban J connectivity index is 3.09. The predicted octanol–water partition coefficient (Wildman–Crippen LogP) is -0.326. The number of aromatic nitrogens is 2. The molecule has 0 aliphatic carbocycles. The summed E-state index contributed by atoms with van der Waals surface area (Å²) in [4.78, 5) is 11.4. The fraction of sp³-hybridized carbons (Fsp3) is 0.429. The molecule has 5 nitrogen and oxygen atoms in total. The maximum absolute atomic E-state index is 11.4. The lowest BCUT2D eigenvalue weighted by atomic mass is 10.2. The molecule has 0 spiro atoms. The predicted molar refractivity (Wildman–Crippen MR) is 44.2 cm³/mol. The summed E-state index contributed by atoms with van der Waals surface area (Å²) in [5, 5.41) is 4.98. The lowest BCUT2D eigenvalue weighted by Crippen LogP contribution is -2.34. The van der Waals surface area contributed by atoms with Crippen molar-refractivity contribution in [2.75, 3.05) is 7.05 Å². The van der Waals surface area contributed by atoms with Gasteiger partial charge in [0.15, 0.2) is 0 Å². The van der Waals surface area contributed by atoms with Crippen LogP contribution in [0.25, 0.3) is 0 Å². The van der Waals surface area contributed by atoms with Crippen molar-refractivity contribution in [2.24, 2.45) is 12.9 Å². The van der Waals surface area contributed by atoms with Crippen LogP contribution in [0, 0.1) is 6.92 Å². The molecule has 2 N–H and O–H groups in total. The Morgan fingerprint density at radius 2 is 2.33 bits per heavy atom. The van der Waals surface area contributed by atoms with Gasteiger partial charge in [0.25, 0.3) is 5.91 Å². The molecule has 0 bridgehead atoms. The van der Waals surface area contributed by atoms with Gasteiger partial charge in [-0.3, -0.25) is 14.5 Å². The number of hydrogen-bond acceptors (Lipinski definition) is 3. The fourth-order valence-electron chi connectivity index (χ4n) is 1.02. The van der Waals surface area contributed by atoms with Gasteiger partial charge in [0.1, 0.15) is 5.69 Å². The Hall–Kier alpha value is -1.36. The number of rotatable bonds is 1. The molecule has 1 aromatic rings. The van der Waals surface area contributed by atoms with Crippen molar-refractivity contribution < 1.29 is 4.79 Å². The summed E-state index contributed by atoms with van der Waals surface area (Å²) in [5.41, 5.74) is 1.36. The average Bonchev–Trinajstić information content (AvgIpc) is 2.30. The highest BCUT2D eigenvalue weighted by Crippen LogP contribution is 2.06. The third-order valence-electron chi connectivity index (χ3n) is 1.64. The Labute approximate surface area is 70.7 Å². The minimum Gasteiger partial charge on any atom is -0.278 e. The average molecular weight is 168 g/mol. The van der Waals surface area contributed by atoms with Crippen LogP contribution in [0.2, 0.25) is 0 Å². The molecule has 1 amide bonds. The van der Waals surface area contributed by atoms with Crippen LogP contribution in [0.15, 0.2) is 6.20 Å². The van der Waals surface area contributed by atoms with Crippen molar-refractivity contribution in [1.82, 2.24) is 14.8 Å². The molecule has 0 aliphatic rings. The van der Waals surface area contributed by atoms with Crippen LogP contribution in [0.1, 0.15) is 16.1 Å². The van der Waals surface area contributed by atoms with E-state index in [1.54, 1.807) is 13.2 Å². The third-order valence-corrected chi connectivity index (χ3v) is 1.64. The first-order valence-electron chi connectivity index (χ1n) is 3.55. The maximum Gasteiger partial charge on any atom is 0.286 e. The summed E-state index contributed by atoms with van der Waals surface area (Å²) in [7, 11) is 3.22. The quantitative estimate of drug-likeness (QED) is 0.355. The van der Waals surface area contributed by atoms with Crippen molar-refractivity contribution in [2.45, 2.75) is 6.92 Å². The number of nitrogens with zero attached hydrogens (tertiary/aromatic N) is 3. The summed E-state index contributed by atoms with van der Waals surface area (Å²) in [6, 6.07) is 0. The SMILES string of the molecule is Cc1cnn(C)c1C(=O)N(C)N. The van der Waals surface area contributed by atoms with E-state index in [1.807, 2.05) is 6.92 Å². The van der Waals surface area contributed by atoms with E-state index in [4.69, 9.17) is 5.84 Å². The van der Waals surface area contributed by atoms with Gasteiger partial charge in [0.2, 0.25) is 0 Å². The summed E-state index contributed by atoms with van der Waals surface area (Å²) in [6.07, 6.45) is 1.64. The molecule has 0 saturated heterocycles. The van der Waals surface area contributed by atoms with Crippen LogP contribution in [-0.4, -0.2) is 27.7 Å². The van der Waals surface area contributed by atoms with Crippen LogP contribution >= 0.6 is 0 Å². The smallest absolute Gasteiger partial charge is 0.278 e. The number of aryl methyl sites for hydroxylation is 2. The van der Waals surface area contributed by atoms with Crippen molar-refractivity contribution in [3.63, 3.8) is 0 Å². The molecule has 1 aromatic heterocycles. The molecule has 0 aliphatic heterocycles. The Morgan fingerprint density at radius 3 is 2.67 bits per heavy atom. The van der Waals surface area contributed by atoms with Crippen molar-refractivity contribution in [1.29, 1.82) is 0 Å². The minimum absolute atomic E-state index is 0.229. The molecular weight excluding hydrogens is 156 g/mol. The first-order chi connectivity index (χ1) is 5.54. The van der Waals surface area contributed by atoms with E-state index in [0.29, 0.717) is 5.69 Å². The van der Waals surface area contributed by atoms with Crippen LogP contribution in [0.3, 0.4) is 0 Å². The lowest BCUT2D eigenvalue weighted by molar-refractivity contribution is 0.0783. The number of nitrogens with two attached hydrogens (primary N) is 1. The normalized spacial score (nSPS) is 10.0. The second-order valence-electron chi connectivity index (χ2n) is 2.72. The van der Waals surface area contributed by atoms with E-state index in [0.717, 1.165) is 10.6 Å². The Morgan fingerprint density at radius 1 is 1.75 bits per heavy atom. The highest BCUT2D eigenvalue weighted by molar-refractivity contribution is 5.93. The van der Waals surface area contributed by atoms with Gasteiger partial charge in [-0.2, -0.15) is 5.10 Å². The van der Waals surface area contributed by atoms with E-state index < -0.39 is 0 Å². The monoisotopic (exact) mass is 168 g/mol. The number of amides is 1. The largest absolute Gasteiger partial charge is 0.286 e. The molecule has 1 heterocycles. The molecule has 0 aromatic carbocycles.